The van der Waals surface area contributed by atoms with E-state index in [0.29, 0.717) is 11.5 Å². The fourth-order valence-corrected chi connectivity index (χ4v) is 2.81. The Bertz CT molecular complexity index is 436. The van der Waals surface area contributed by atoms with Gasteiger partial charge in [-0.15, -0.1) is 0 Å². The maximum atomic E-state index is 14.0. The highest BCUT2D eigenvalue weighted by Gasteiger charge is 2.28. The topological polar surface area (TPSA) is 38.5 Å². The third kappa shape index (κ3) is 2.90. The molecule has 3 atom stereocenters. The van der Waals surface area contributed by atoms with E-state index in [-0.39, 0.29) is 18.0 Å². The van der Waals surface area contributed by atoms with Crippen LogP contribution in [0.25, 0.3) is 0 Å². The van der Waals surface area contributed by atoms with E-state index in [1.807, 2.05) is 13.0 Å². The summed E-state index contributed by atoms with van der Waals surface area (Å²) in [5.41, 5.74) is 7.43. The third-order valence-electron chi connectivity index (χ3n) is 4.02. The Balaban J connectivity index is 2.29. The van der Waals surface area contributed by atoms with Crippen LogP contribution >= 0.6 is 0 Å². The summed E-state index contributed by atoms with van der Waals surface area (Å²) in [6.45, 7) is 5.73. The van der Waals surface area contributed by atoms with E-state index < -0.39 is 0 Å². The van der Waals surface area contributed by atoms with Gasteiger partial charge in [-0.1, -0.05) is 13.0 Å². The van der Waals surface area contributed by atoms with Gasteiger partial charge in [-0.05, 0) is 31.4 Å². The molecule has 19 heavy (non-hydrogen) atoms. The molecule has 2 unspecified atom stereocenters. The van der Waals surface area contributed by atoms with Gasteiger partial charge in [0.15, 0.2) is 0 Å². The molecule has 2 rings (SSSR count). The Morgan fingerprint density at radius 2 is 2.21 bits per heavy atom. The van der Waals surface area contributed by atoms with Crippen molar-refractivity contribution in [1.82, 2.24) is 0 Å². The summed E-state index contributed by atoms with van der Waals surface area (Å²) >= 11 is 0. The summed E-state index contributed by atoms with van der Waals surface area (Å²) in [6.07, 6.45) is 1.24. The molecule has 3 nitrogen and oxygen atoms in total. The molecule has 0 spiro atoms. The Morgan fingerprint density at radius 3 is 2.84 bits per heavy atom. The van der Waals surface area contributed by atoms with Crippen molar-refractivity contribution in [3.8, 4) is 0 Å². The fraction of sp³-hybridized carbons (Fsp3) is 0.600. The first-order chi connectivity index (χ1) is 9.04. The van der Waals surface area contributed by atoms with Crippen LogP contribution in [0.15, 0.2) is 18.2 Å². The number of anilines is 1. The molecule has 0 aliphatic carbocycles. The molecule has 1 saturated heterocycles. The van der Waals surface area contributed by atoms with Crippen molar-refractivity contribution in [1.29, 1.82) is 0 Å². The highest BCUT2D eigenvalue weighted by molar-refractivity contribution is 5.56. The second kappa shape index (κ2) is 5.88. The van der Waals surface area contributed by atoms with Gasteiger partial charge in [-0.3, -0.25) is 0 Å². The number of benzene rings is 1. The largest absolute Gasteiger partial charge is 0.379 e. The number of piperidine rings is 1. The van der Waals surface area contributed by atoms with Crippen LogP contribution in [-0.4, -0.2) is 26.3 Å². The van der Waals surface area contributed by atoms with Gasteiger partial charge in [0.25, 0.3) is 0 Å². The third-order valence-corrected chi connectivity index (χ3v) is 4.02. The Hall–Kier alpha value is -1.13. The predicted molar refractivity (Wildman–Crippen MR) is 75.8 cm³/mol. The lowest BCUT2D eigenvalue weighted by Crippen LogP contribution is -2.44. The lowest BCUT2D eigenvalue weighted by atomic mass is 9.94. The van der Waals surface area contributed by atoms with Gasteiger partial charge in [-0.2, -0.15) is 0 Å². The summed E-state index contributed by atoms with van der Waals surface area (Å²) < 4.78 is 19.5. The second-order valence-corrected chi connectivity index (χ2v) is 5.45. The van der Waals surface area contributed by atoms with Crippen LogP contribution in [0.3, 0.4) is 0 Å². The normalized spacial score (nSPS) is 25.4. The summed E-state index contributed by atoms with van der Waals surface area (Å²) in [7, 11) is 1.74. The molecule has 0 bridgehead atoms. The maximum absolute atomic E-state index is 14.0. The van der Waals surface area contributed by atoms with Gasteiger partial charge < -0.3 is 15.4 Å². The highest BCUT2D eigenvalue weighted by Crippen LogP contribution is 2.31. The van der Waals surface area contributed by atoms with E-state index in [1.54, 1.807) is 13.2 Å². The zero-order valence-corrected chi connectivity index (χ0v) is 11.9. The van der Waals surface area contributed by atoms with Crippen molar-refractivity contribution in [2.24, 2.45) is 11.7 Å². The lowest BCUT2D eigenvalue weighted by Gasteiger charge is -2.38. The first kappa shape index (κ1) is 14.3. The van der Waals surface area contributed by atoms with Crippen molar-refractivity contribution in [3.05, 3.63) is 29.6 Å². The Labute approximate surface area is 114 Å². The van der Waals surface area contributed by atoms with Crippen molar-refractivity contribution < 1.29 is 9.13 Å². The SMILES string of the molecule is COC1CN(c2cccc(F)c2[C@@H](C)N)CCC1C. The van der Waals surface area contributed by atoms with Crippen molar-refractivity contribution >= 4 is 5.69 Å². The monoisotopic (exact) mass is 266 g/mol. The summed E-state index contributed by atoms with van der Waals surface area (Å²) in [5, 5.41) is 0. The van der Waals surface area contributed by atoms with Gasteiger partial charge in [-0.25, -0.2) is 4.39 Å². The smallest absolute Gasteiger partial charge is 0.130 e. The van der Waals surface area contributed by atoms with E-state index in [1.165, 1.54) is 6.07 Å². The van der Waals surface area contributed by atoms with E-state index >= 15 is 0 Å². The van der Waals surface area contributed by atoms with Crippen LogP contribution in [0.5, 0.6) is 0 Å². The van der Waals surface area contributed by atoms with E-state index in [4.69, 9.17) is 10.5 Å². The average molecular weight is 266 g/mol. The summed E-state index contributed by atoms with van der Waals surface area (Å²) in [5.74, 6) is 0.314. The fourth-order valence-electron chi connectivity index (χ4n) is 2.81. The minimum Gasteiger partial charge on any atom is -0.379 e. The predicted octanol–water partition coefficient (Wildman–Crippen LogP) is 2.71. The standard InChI is InChI=1S/C15H23FN2O/c1-10-7-8-18(9-14(10)19-3)13-6-4-5-12(16)15(13)11(2)17/h4-6,10-11,14H,7-9,17H2,1-3H3/t10?,11-,14?/m1/s1. The zero-order valence-electron chi connectivity index (χ0n) is 11.9. The molecule has 1 aliphatic rings. The summed E-state index contributed by atoms with van der Waals surface area (Å²) in [6, 6.07) is 4.86. The van der Waals surface area contributed by atoms with E-state index in [2.05, 4.69) is 11.8 Å². The molecular formula is C15H23FN2O. The minimum absolute atomic E-state index is 0.193. The number of nitrogens with two attached hydrogens (primary N) is 1. The van der Waals surface area contributed by atoms with Crippen LogP contribution in [-0.2, 0) is 4.74 Å². The van der Waals surface area contributed by atoms with Gasteiger partial charge in [0.1, 0.15) is 5.82 Å². The van der Waals surface area contributed by atoms with Crippen molar-refractivity contribution in [2.45, 2.75) is 32.4 Å². The van der Waals surface area contributed by atoms with Crippen LogP contribution in [0.2, 0.25) is 0 Å². The molecule has 1 heterocycles. The first-order valence-corrected chi connectivity index (χ1v) is 6.86. The van der Waals surface area contributed by atoms with Gasteiger partial charge in [0.05, 0.1) is 6.10 Å². The molecule has 2 N–H and O–H groups in total. The molecule has 1 fully saturated rings. The molecule has 0 aromatic heterocycles. The number of methoxy groups -OCH3 is 1. The average Bonchev–Trinajstić information content (AvgIpc) is 2.38. The zero-order chi connectivity index (χ0) is 14.0. The van der Waals surface area contributed by atoms with Crippen molar-refractivity contribution in [2.75, 3.05) is 25.1 Å². The van der Waals surface area contributed by atoms with Crippen LogP contribution in [0, 0.1) is 11.7 Å². The molecule has 106 valence electrons. The molecule has 0 saturated carbocycles. The Morgan fingerprint density at radius 1 is 1.47 bits per heavy atom. The van der Waals surface area contributed by atoms with Crippen LogP contribution in [0.4, 0.5) is 10.1 Å². The molecule has 1 aliphatic heterocycles. The molecular weight excluding hydrogens is 243 g/mol. The first-order valence-electron chi connectivity index (χ1n) is 6.86. The Kier molecular flexibility index (Phi) is 4.42. The van der Waals surface area contributed by atoms with Crippen LogP contribution < -0.4 is 10.6 Å². The molecule has 0 radical (unpaired) electrons. The number of hydrogen-bond acceptors (Lipinski definition) is 3. The molecule has 1 aromatic carbocycles. The number of halogens is 1. The van der Waals surface area contributed by atoms with Gasteiger partial charge in [0.2, 0.25) is 0 Å². The maximum Gasteiger partial charge on any atom is 0.130 e. The quantitative estimate of drug-likeness (QED) is 0.914. The van der Waals surface area contributed by atoms with E-state index in [0.717, 1.165) is 25.2 Å². The molecule has 4 heteroatoms. The minimum atomic E-state index is -0.309. The van der Waals surface area contributed by atoms with Crippen LogP contribution in [0.1, 0.15) is 31.9 Å². The summed E-state index contributed by atoms with van der Waals surface area (Å²) in [4.78, 5) is 2.19. The molecule has 0 amide bonds. The number of nitrogens with zero attached hydrogens (tertiary/aromatic N) is 1. The highest BCUT2D eigenvalue weighted by atomic mass is 19.1. The number of hydrogen-bond donors (Lipinski definition) is 1. The molecule has 1 aromatic rings. The number of ether oxygens (including phenoxy) is 1. The second-order valence-electron chi connectivity index (χ2n) is 5.45. The van der Waals surface area contributed by atoms with E-state index in [9.17, 15) is 4.39 Å². The van der Waals surface area contributed by atoms with Crippen molar-refractivity contribution in [3.63, 3.8) is 0 Å². The lowest BCUT2D eigenvalue weighted by molar-refractivity contribution is 0.0498. The number of rotatable bonds is 3. The van der Waals surface area contributed by atoms with Gasteiger partial charge >= 0.3 is 0 Å². The van der Waals surface area contributed by atoms with Gasteiger partial charge in [0, 0.05) is 37.5 Å².